The van der Waals surface area contributed by atoms with Gasteiger partial charge in [-0.15, -0.1) is 5.10 Å². The second-order valence-electron chi connectivity index (χ2n) is 7.38. The van der Waals surface area contributed by atoms with Crippen LogP contribution < -0.4 is 5.73 Å². The zero-order valence-corrected chi connectivity index (χ0v) is 16.8. The van der Waals surface area contributed by atoms with Crippen molar-refractivity contribution in [2.75, 3.05) is 30.3 Å². The first-order valence-corrected chi connectivity index (χ1v) is 10.7. The number of β-amino-alcohol motifs (C(OH)–C–C–N with tert-alkyl or cyclic N) is 1. The Morgan fingerprint density at radius 2 is 2.25 bits per heavy atom. The third-order valence-electron chi connectivity index (χ3n) is 5.15. The summed E-state index contributed by atoms with van der Waals surface area (Å²) in [6.45, 7) is 2.34. The molecule has 4 heterocycles. The monoisotopic (exact) mass is 402 g/mol. The summed E-state index contributed by atoms with van der Waals surface area (Å²) in [5, 5.41) is 18.5. The molecule has 4 rings (SSSR count). The molecule has 2 atom stereocenters. The van der Waals surface area contributed by atoms with Gasteiger partial charge < -0.3 is 15.8 Å². The maximum absolute atomic E-state index is 10.5. The number of aromatic nitrogens is 6. The molecule has 0 unspecified atom stereocenters. The van der Waals surface area contributed by atoms with Gasteiger partial charge in [0.05, 0.1) is 17.3 Å². The highest BCUT2D eigenvalue weighted by Gasteiger charge is 2.31. The number of hydrogen-bond acceptors (Lipinski definition) is 8. The van der Waals surface area contributed by atoms with E-state index in [2.05, 4.69) is 30.2 Å². The van der Waals surface area contributed by atoms with Gasteiger partial charge in [0.1, 0.15) is 11.8 Å². The van der Waals surface area contributed by atoms with Gasteiger partial charge in [0.2, 0.25) is 0 Å². The van der Waals surface area contributed by atoms with E-state index in [4.69, 9.17) is 5.73 Å². The van der Waals surface area contributed by atoms with Crippen LogP contribution >= 0.6 is 11.8 Å². The maximum Gasteiger partial charge on any atom is 0.151 e. The highest BCUT2D eigenvalue weighted by molar-refractivity contribution is 7.99. The molecule has 3 aromatic rings. The van der Waals surface area contributed by atoms with Gasteiger partial charge in [-0.05, 0) is 24.3 Å². The lowest BCUT2D eigenvalue weighted by atomic mass is 10.1. The highest BCUT2D eigenvalue weighted by Crippen LogP contribution is 2.26. The number of hydrogen-bond donors (Lipinski definition) is 3. The van der Waals surface area contributed by atoms with Gasteiger partial charge in [0, 0.05) is 50.6 Å². The fourth-order valence-corrected chi connectivity index (χ4v) is 4.85. The number of aliphatic hydroxyl groups is 1. The zero-order chi connectivity index (χ0) is 19.5. The van der Waals surface area contributed by atoms with Crippen LogP contribution in [0.4, 0.5) is 5.82 Å². The van der Waals surface area contributed by atoms with Crippen molar-refractivity contribution in [1.82, 2.24) is 34.8 Å². The first kappa shape index (κ1) is 19.2. The zero-order valence-electron chi connectivity index (χ0n) is 16.0. The van der Waals surface area contributed by atoms with Crippen molar-refractivity contribution < 1.29 is 5.11 Å². The number of nitrogens with two attached hydrogens (primary N) is 1. The molecule has 1 saturated heterocycles. The Bertz CT molecular complexity index is 925. The minimum Gasteiger partial charge on any atom is -0.391 e. The van der Waals surface area contributed by atoms with Crippen molar-refractivity contribution in [3.8, 4) is 0 Å². The van der Waals surface area contributed by atoms with Crippen molar-refractivity contribution >= 4 is 28.6 Å². The summed E-state index contributed by atoms with van der Waals surface area (Å²) >= 11 is 1.91. The number of nitrogens with one attached hydrogen (secondary N) is 1. The average Bonchev–Trinajstić information content (AvgIpc) is 3.36. The first-order valence-electron chi connectivity index (χ1n) is 9.50. The number of anilines is 1. The summed E-state index contributed by atoms with van der Waals surface area (Å²) in [5.74, 6) is 2.81. The standard InChI is InChI=1S/C18H26N8OS/c1-25-8-14(23-24-25)3-2-4-28-10-13-7-26(9-15(13)27)6-12-5-20-17-16(12)21-11-22-18(17)19/h5,8,11,13,15,20,27H,2-4,6-7,9-10H2,1H3,(H2,19,21,22)/t13-,15+/m1/s1. The van der Waals surface area contributed by atoms with Crippen molar-refractivity contribution in [2.24, 2.45) is 13.0 Å². The Balaban J connectivity index is 1.23. The van der Waals surface area contributed by atoms with E-state index in [0.29, 0.717) is 18.3 Å². The number of H-pyrrole nitrogens is 1. The normalized spacial score (nSPS) is 20.4. The van der Waals surface area contributed by atoms with E-state index in [-0.39, 0.29) is 6.10 Å². The molecule has 10 heteroatoms. The van der Waals surface area contributed by atoms with Crippen LogP contribution in [0.25, 0.3) is 11.0 Å². The van der Waals surface area contributed by atoms with E-state index in [1.165, 1.54) is 6.33 Å². The fourth-order valence-electron chi connectivity index (χ4n) is 3.71. The highest BCUT2D eigenvalue weighted by atomic mass is 32.2. The molecule has 4 N–H and O–H groups in total. The lowest BCUT2D eigenvalue weighted by Gasteiger charge is -2.14. The van der Waals surface area contributed by atoms with E-state index in [1.807, 2.05) is 31.2 Å². The minimum absolute atomic E-state index is 0.280. The molecule has 0 amide bonds. The summed E-state index contributed by atoms with van der Waals surface area (Å²) in [4.78, 5) is 13.8. The predicted octanol–water partition coefficient (Wildman–Crippen LogP) is 0.827. The number of likely N-dealkylation sites (tertiary alicyclic amines) is 1. The summed E-state index contributed by atoms with van der Waals surface area (Å²) < 4.78 is 1.74. The van der Waals surface area contributed by atoms with Gasteiger partial charge in [-0.3, -0.25) is 9.58 Å². The molecule has 0 bridgehead atoms. The van der Waals surface area contributed by atoms with Gasteiger partial charge in [0.25, 0.3) is 0 Å². The molecule has 9 nitrogen and oxygen atoms in total. The number of aromatic amines is 1. The topological polar surface area (TPSA) is 122 Å². The Labute approximate surface area is 167 Å². The van der Waals surface area contributed by atoms with Gasteiger partial charge in [-0.25, -0.2) is 9.97 Å². The maximum atomic E-state index is 10.5. The van der Waals surface area contributed by atoms with Crippen LogP contribution in [0.2, 0.25) is 0 Å². The molecule has 3 aromatic heterocycles. The molecule has 0 saturated carbocycles. The molecular formula is C18H26N8OS. The van der Waals surface area contributed by atoms with Crippen molar-refractivity contribution in [3.05, 3.63) is 30.0 Å². The lowest BCUT2D eigenvalue weighted by Crippen LogP contribution is -2.21. The smallest absolute Gasteiger partial charge is 0.151 e. The van der Waals surface area contributed by atoms with Gasteiger partial charge in [-0.1, -0.05) is 5.21 Å². The largest absolute Gasteiger partial charge is 0.391 e. The van der Waals surface area contributed by atoms with Crippen LogP contribution in [0.3, 0.4) is 0 Å². The molecule has 1 aliphatic heterocycles. The Morgan fingerprint density at radius 3 is 3.07 bits per heavy atom. The molecule has 150 valence electrons. The van der Waals surface area contributed by atoms with Crippen molar-refractivity contribution in [2.45, 2.75) is 25.5 Å². The molecule has 0 aromatic carbocycles. The summed E-state index contributed by atoms with van der Waals surface area (Å²) in [6.07, 6.45) is 7.15. The fraction of sp³-hybridized carbons (Fsp3) is 0.556. The number of nitrogen functional groups attached to an aromatic ring is 1. The van der Waals surface area contributed by atoms with Crippen LogP contribution in [0.1, 0.15) is 17.7 Å². The van der Waals surface area contributed by atoms with Crippen LogP contribution in [0, 0.1) is 5.92 Å². The summed E-state index contributed by atoms with van der Waals surface area (Å²) in [7, 11) is 1.89. The molecular weight excluding hydrogens is 376 g/mol. The Kier molecular flexibility index (Phi) is 5.79. The van der Waals surface area contributed by atoms with Crippen LogP contribution in [-0.4, -0.2) is 70.7 Å². The molecule has 1 fully saturated rings. The Morgan fingerprint density at radius 1 is 1.36 bits per heavy atom. The van der Waals surface area contributed by atoms with Gasteiger partial charge >= 0.3 is 0 Å². The third kappa shape index (κ3) is 4.29. The number of rotatable bonds is 8. The third-order valence-corrected chi connectivity index (χ3v) is 6.39. The summed E-state index contributed by atoms with van der Waals surface area (Å²) in [5.41, 5.74) is 9.67. The Hall–Kier alpha value is -2.17. The average molecular weight is 403 g/mol. The van der Waals surface area contributed by atoms with E-state index in [1.54, 1.807) is 4.68 Å². The van der Waals surface area contributed by atoms with Crippen LogP contribution in [0.15, 0.2) is 18.7 Å². The number of aryl methyl sites for hydroxylation is 2. The quantitative estimate of drug-likeness (QED) is 0.474. The van der Waals surface area contributed by atoms with Crippen molar-refractivity contribution in [1.29, 1.82) is 0 Å². The minimum atomic E-state index is -0.280. The second kappa shape index (κ2) is 8.46. The number of thioether (sulfide) groups is 1. The van der Waals surface area contributed by atoms with Crippen LogP contribution in [-0.2, 0) is 20.0 Å². The second-order valence-corrected chi connectivity index (χ2v) is 8.53. The number of nitrogens with zero attached hydrogens (tertiary/aromatic N) is 6. The van der Waals surface area contributed by atoms with E-state index in [9.17, 15) is 5.11 Å². The van der Waals surface area contributed by atoms with E-state index < -0.39 is 0 Å². The number of aliphatic hydroxyl groups excluding tert-OH is 1. The van der Waals surface area contributed by atoms with Gasteiger partial charge in [-0.2, -0.15) is 11.8 Å². The summed E-state index contributed by atoms with van der Waals surface area (Å²) in [6, 6.07) is 0. The molecule has 28 heavy (non-hydrogen) atoms. The van der Waals surface area contributed by atoms with Crippen LogP contribution in [0.5, 0.6) is 0 Å². The van der Waals surface area contributed by atoms with Crippen molar-refractivity contribution in [3.63, 3.8) is 0 Å². The molecule has 1 aliphatic rings. The molecule has 0 aliphatic carbocycles. The number of fused-ring (bicyclic) bond motifs is 1. The molecule has 0 radical (unpaired) electrons. The van der Waals surface area contributed by atoms with E-state index >= 15 is 0 Å². The predicted molar refractivity (Wildman–Crippen MR) is 110 cm³/mol. The first-order chi connectivity index (χ1) is 13.6. The van der Waals surface area contributed by atoms with E-state index in [0.717, 1.165) is 59.7 Å². The lowest BCUT2D eigenvalue weighted by molar-refractivity contribution is 0.149. The molecule has 0 spiro atoms. The van der Waals surface area contributed by atoms with Gasteiger partial charge in [0.15, 0.2) is 5.82 Å². The SMILES string of the molecule is Cn1cc(CCCSC[C@H]2CN(Cc3c[nH]c4c(N)ncnc34)C[C@@H]2O)nn1.